The molecule has 0 aliphatic rings. The first-order valence-electron chi connectivity index (χ1n) is 9.72. The Morgan fingerprint density at radius 2 is 2.00 bits per heavy atom. The molecular formula is C20H33N7O. The molecule has 0 aliphatic carbocycles. The maximum atomic E-state index is 5.13. The topological polar surface area (TPSA) is 79.6 Å². The number of hydrogen-bond acceptors (Lipinski definition) is 5. The van der Waals surface area contributed by atoms with Crippen LogP contribution < -0.4 is 15.5 Å². The number of ether oxygens (including phenoxy) is 1. The molecule has 0 unspecified atom stereocenters. The molecule has 28 heavy (non-hydrogen) atoms. The highest BCUT2D eigenvalue weighted by Gasteiger charge is 2.07. The lowest BCUT2D eigenvalue weighted by atomic mass is 10.2. The van der Waals surface area contributed by atoms with Crippen molar-refractivity contribution in [3.63, 3.8) is 0 Å². The van der Waals surface area contributed by atoms with Crippen LogP contribution in [0, 0.1) is 13.8 Å². The summed E-state index contributed by atoms with van der Waals surface area (Å²) in [4.78, 5) is 6.99. The fourth-order valence-corrected chi connectivity index (χ4v) is 2.79. The third-order valence-corrected chi connectivity index (χ3v) is 4.58. The number of aryl methyl sites for hydroxylation is 2. The molecule has 1 heterocycles. The maximum absolute atomic E-state index is 5.13. The summed E-state index contributed by atoms with van der Waals surface area (Å²) in [6.07, 6.45) is 0. The summed E-state index contributed by atoms with van der Waals surface area (Å²) in [5.74, 6) is 2.46. The predicted octanol–water partition coefficient (Wildman–Crippen LogP) is 1.64. The number of methoxy groups -OCH3 is 1. The number of rotatable bonds is 10. The summed E-state index contributed by atoms with van der Waals surface area (Å²) >= 11 is 0. The Hall–Kier alpha value is -2.61. The van der Waals surface area contributed by atoms with Crippen molar-refractivity contribution in [2.24, 2.45) is 12.0 Å². The van der Waals surface area contributed by atoms with Crippen LogP contribution in [0.2, 0.25) is 0 Å². The highest BCUT2D eigenvalue weighted by atomic mass is 16.5. The standard InChI is InChI=1S/C20H33N7O/c1-6-27(18-9-7-8-16(2)14-18)12-10-21-20(22-11-13-28-5)23-15-19-25-24-17(3)26(19)4/h7-9,14H,6,10-13,15H2,1-5H3,(H2,21,22,23). The number of nitrogens with one attached hydrogen (secondary N) is 2. The fraction of sp³-hybridized carbons (Fsp3) is 0.550. The summed E-state index contributed by atoms with van der Waals surface area (Å²) < 4.78 is 7.08. The zero-order valence-corrected chi connectivity index (χ0v) is 17.7. The van der Waals surface area contributed by atoms with Crippen molar-refractivity contribution in [2.45, 2.75) is 27.3 Å². The van der Waals surface area contributed by atoms with Gasteiger partial charge in [0, 0.05) is 46.0 Å². The number of benzene rings is 1. The molecule has 0 radical (unpaired) electrons. The van der Waals surface area contributed by atoms with Crippen LogP contribution >= 0.6 is 0 Å². The average Bonchev–Trinajstić information content (AvgIpc) is 3.01. The van der Waals surface area contributed by atoms with Gasteiger partial charge in [0.1, 0.15) is 12.4 Å². The van der Waals surface area contributed by atoms with E-state index in [1.165, 1.54) is 11.3 Å². The van der Waals surface area contributed by atoms with Gasteiger partial charge < -0.3 is 24.8 Å². The fourth-order valence-electron chi connectivity index (χ4n) is 2.79. The highest BCUT2D eigenvalue weighted by molar-refractivity contribution is 5.79. The summed E-state index contributed by atoms with van der Waals surface area (Å²) in [6, 6.07) is 8.58. The Morgan fingerprint density at radius 1 is 1.21 bits per heavy atom. The quantitative estimate of drug-likeness (QED) is 0.367. The van der Waals surface area contributed by atoms with E-state index in [1.807, 2.05) is 18.5 Å². The summed E-state index contributed by atoms with van der Waals surface area (Å²) in [5, 5.41) is 15.0. The molecule has 2 rings (SSSR count). The molecule has 0 aliphatic heterocycles. The van der Waals surface area contributed by atoms with Crippen LogP contribution in [0.3, 0.4) is 0 Å². The molecule has 2 aromatic rings. The first-order valence-corrected chi connectivity index (χ1v) is 9.72. The number of nitrogens with zero attached hydrogens (tertiary/aromatic N) is 5. The third-order valence-electron chi connectivity index (χ3n) is 4.58. The SMILES string of the molecule is CCN(CCNC(=NCc1nnc(C)n1C)NCCOC)c1cccc(C)c1. The zero-order valence-electron chi connectivity index (χ0n) is 17.7. The van der Waals surface area contributed by atoms with Gasteiger partial charge in [-0.05, 0) is 38.5 Å². The molecule has 2 N–H and O–H groups in total. The minimum Gasteiger partial charge on any atom is -0.383 e. The van der Waals surface area contributed by atoms with Crippen LogP contribution in [0.5, 0.6) is 0 Å². The molecule has 0 fully saturated rings. The van der Waals surface area contributed by atoms with Gasteiger partial charge in [-0.2, -0.15) is 0 Å². The Kier molecular flexibility index (Phi) is 8.74. The Balaban J connectivity index is 1.95. The van der Waals surface area contributed by atoms with Gasteiger partial charge in [-0.3, -0.25) is 0 Å². The van der Waals surface area contributed by atoms with Gasteiger partial charge in [-0.1, -0.05) is 12.1 Å². The van der Waals surface area contributed by atoms with E-state index >= 15 is 0 Å². The van der Waals surface area contributed by atoms with Gasteiger partial charge in [-0.25, -0.2) is 4.99 Å². The van der Waals surface area contributed by atoms with Crippen molar-refractivity contribution >= 4 is 11.6 Å². The van der Waals surface area contributed by atoms with Crippen molar-refractivity contribution in [1.29, 1.82) is 0 Å². The monoisotopic (exact) mass is 387 g/mol. The van der Waals surface area contributed by atoms with Gasteiger partial charge in [0.25, 0.3) is 0 Å². The van der Waals surface area contributed by atoms with E-state index in [2.05, 4.69) is 68.8 Å². The van der Waals surface area contributed by atoms with Gasteiger partial charge in [-0.15, -0.1) is 10.2 Å². The number of aliphatic imine (C=N–C) groups is 1. The number of anilines is 1. The van der Waals surface area contributed by atoms with Crippen LogP contribution in [-0.2, 0) is 18.3 Å². The number of likely N-dealkylation sites (N-methyl/N-ethyl adjacent to an activating group) is 1. The largest absolute Gasteiger partial charge is 0.383 e. The first kappa shape index (κ1) is 21.7. The van der Waals surface area contributed by atoms with Crippen LogP contribution in [-0.4, -0.2) is 60.6 Å². The Labute approximate surface area is 168 Å². The number of aromatic nitrogens is 3. The van der Waals surface area contributed by atoms with E-state index in [1.54, 1.807) is 7.11 Å². The lowest BCUT2D eigenvalue weighted by Crippen LogP contribution is -2.42. The second-order valence-corrected chi connectivity index (χ2v) is 6.65. The second kappa shape index (κ2) is 11.3. The summed E-state index contributed by atoms with van der Waals surface area (Å²) in [7, 11) is 3.64. The van der Waals surface area contributed by atoms with E-state index in [-0.39, 0.29) is 0 Å². The first-order chi connectivity index (χ1) is 13.5. The van der Waals surface area contributed by atoms with Crippen LogP contribution in [0.4, 0.5) is 5.69 Å². The molecule has 0 bridgehead atoms. The van der Waals surface area contributed by atoms with Crippen LogP contribution in [0.25, 0.3) is 0 Å². The highest BCUT2D eigenvalue weighted by Crippen LogP contribution is 2.14. The molecule has 0 saturated carbocycles. The van der Waals surface area contributed by atoms with E-state index in [9.17, 15) is 0 Å². The van der Waals surface area contributed by atoms with Crippen molar-refractivity contribution in [3.8, 4) is 0 Å². The molecule has 0 spiro atoms. The van der Waals surface area contributed by atoms with Gasteiger partial charge >= 0.3 is 0 Å². The van der Waals surface area contributed by atoms with Crippen LogP contribution in [0.15, 0.2) is 29.3 Å². The molecule has 0 amide bonds. The number of hydrogen-bond donors (Lipinski definition) is 2. The lowest BCUT2D eigenvalue weighted by molar-refractivity contribution is 0.203. The van der Waals surface area contributed by atoms with Gasteiger partial charge in [0.2, 0.25) is 0 Å². The second-order valence-electron chi connectivity index (χ2n) is 6.65. The Bertz CT molecular complexity index is 757. The van der Waals surface area contributed by atoms with E-state index in [4.69, 9.17) is 4.74 Å². The van der Waals surface area contributed by atoms with Crippen LogP contribution in [0.1, 0.15) is 24.1 Å². The molecule has 1 aromatic carbocycles. The molecule has 0 saturated heterocycles. The van der Waals surface area contributed by atoms with Crippen molar-refractivity contribution in [3.05, 3.63) is 41.5 Å². The molecule has 8 nitrogen and oxygen atoms in total. The van der Waals surface area contributed by atoms with Gasteiger partial charge in [0.15, 0.2) is 11.8 Å². The van der Waals surface area contributed by atoms with E-state index in [0.29, 0.717) is 19.7 Å². The normalized spacial score (nSPS) is 11.5. The van der Waals surface area contributed by atoms with Gasteiger partial charge in [0.05, 0.1) is 6.61 Å². The molecule has 154 valence electrons. The lowest BCUT2D eigenvalue weighted by Gasteiger charge is -2.24. The van der Waals surface area contributed by atoms with Crippen molar-refractivity contribution in [1.82, 2.24) is 25.4 Å². The predicted molar refractivity (Wildman–Crippen MR) is 114 cm³/mol. The molecule has 0 atom stereocenters. The maximum Gasteiger partial charge on any atom is 0.191 e. The van der Waals surface area contributed by atoms with E-state index in [0.717, 1.165) is 37.2 Å². The minimum absolute atomic E-state index is 0.467. The third kappa shape index (κ3) is 6.53. The minimum atomic E-state index is 0.467. The molecule has 1 aromatic heterocycles. The smallest absolute Gasteiger partial charge is 0.191 e. The molecule has 8 heteroatoms. The molecular weight excluding hydrogens is 354 g/mol. The van der Waals surface area contributed by atoms with Crippen molar-refractivity contribution < 1.29 is 4.74 Å². The average molecular weight is 388 g/mol. The van der Waals surface area contributed by atoms with Crippen molar-refractivity contribution in [2.75, 3.05) is 44.8 Å². The summed E-state index contributed by atoms with van der Waals surface area (Å²) in [5.41, 5.74) is 2.51. The Morgan fingerprint density at radius 3 is 2.64 bits per heavy atom. The summed E-state index contributed by atoms with van der Waals surface area (Å²) in [6.45, 7) is 10.6. The number of guanidine groups is 1. The zero-order chi connectivity index (χ0) is 20.4. The van der Waals surface area contributed by atoms with E-state index < -0.39 is 0 Å².